The van der Waals surface area contributed by atoms with Gasteiger partial charge in [-0.2, -0.15) is 0 Å². The number of benzene rings is 4. The van der Waals surface area contributed by atoms with Gasteiger partial charge < -0.3 is 4.74 Å². The summed E-state index contributed by atoms with van der Waals surface area (Å²) in [7, 11) is 0. The van der Waals surface area contributed by atoms with Crippen molar-refractivity contribution in [2.75, 3.05) is 9.80 Å². The standard InChI is InChI=1S/C30H21BrN2O3S/c31-27-14-8-7-9-22(27)20-36-25-17-15-21(16-18-25)19-26-28(34)32(23-10-3-1-4-11-23)30(37)33(29(26)35)24-12-5-2-6-13-24/h1-19H,20H2. The minimum absolute atomic E-state index is 0.0168. The van der Waals surface area contributed by atoms with Crippen molar-refractivity contribution in [2.24, 2.45) is 0 Å². The molecule has 1 aliphatic rings. The number of hydrogen-bond donors (Lipinski definition) is 0. The van der Waals surface area contributed by atoms with Crippen LogP contribution in [0.25, 0.3) is 6.08 Å². The number of nitrogens with zero attached hydrogens (tertiary/aromatic N) is 2. The summed E-state index contributed by atoms with van der Waals surface area (Å²) in [6.45, 7) is 0.411. The lowest BCUT2D eigenvalue weighted by Gasteiger charge is -2.36. The number of rotatable bonds is 6. The SMILES string of the molecule is O=C1C(=Cc2ccc(OCc3ccccc3Br)cc2)C(=O)N(c2ccccc2)C(=S)N1c1ccccc1. The second kappa shape index (κ2) is 10.9. The number of amides is 2. The van der Waals surface area contributed by atoms with E-state index in [2.05, 4.69) is 15.9 Å². The lowest BCUT2D eigenvalue weighted by molar-refractivity contribution is -0.120. The molecule has 2 amide bonds. The van der Waals surface area contributed by atoms with Crippen LogP contribution in [0, 0.1) is 0 Å². The fourth-order valence-corrected chi connectivity index (χ4v) is 4.72. The smallest absolute Gasteiger partial charge is 0.270 e. The molecule has 0 aliphatic carbocycles. The minimum atomic E-state index is -0.470. The number of ether oxygens (including phenoxy) is 1. The van der Waals surface area contributed by atoms with Gasteiger partial charge in [-0.3, -0.25) is 19.4 Å². The molecule has 0 spiro atoms. The first-order chi connectivity index (χ1) is 18.0. The van der Waals surface area contributed by atoms with E-state index < -0.39 is 11.8 Å². The zero-order chi connectivity index (χ0) is 25.8. The fraction of sp³-hybridized carbons (Fsp3) is 0.0333. The lowest BCUT2D eigenvalue weighted by atomic mass is 10.0. The maximum atomic E-state index is 13.6. The van der Waals surface area contributed by atoms with E-state index in [4.69, 9.17) is 17.0 Å². The Morgan fingerprint density at radius 2 is 1.22 bits per heavy atom. The molecule has 0 radical (unpaired) electrons. The average molecular weight is 569 g/mol. The monoisotopic (exact) mass is 568 g/mol. The van der Waals surface area contributed by atoms with Gasteiger partial charge in [0.2, 0.25) is 0 Å². The highest BCUT2D eigenvalue weighted by atomic mass is 79.9. The van der Waals surface area contributed by atoms with E-state index in [9.17, 15) is 9.59 Å². The van der Waals surface area contributed by atoms with Crippen molar-refractivity contribution in [2.45, 2.75) is 6.61 Å². The largest absolute Gasteiger partial charge is 0.489 e. The van der Waals surface area contributed by atoms with Crippen LogP contribution in [0.15, 0.2) is 119 Å². The Bertz CT molecular complexity index is 1430. The maximum absolute atomic E-state index is 13.6. The summed E-state index contributed by atoms with van der Waals surface area (Å²) in [5, 5.41) is 0.111. The molecule has 5 nitrogen and oxygen atoms in total. The summed E-state index contributed by atoms with van der Waals surface area (Å²) in [5.74, 6) is -0.262. The minimum Gasteiger partial charge on any atom is -0.489 e. The van der Waals surface area contributed by atoms with E-state index in [1.807, 2.05) is 84.9 Å². The molecule has 0 aromatic heterocycles. The Morgan fingerprint density at radius 1 is 0.703 bits per heavy atom. The van der Waals surface area contributed by atoms with Crippen LogP contribution in [0.1, 0.15) is 11.1 Å². The first-order valence-corrected chi connectivity index (χ1v) is 12.7. The molecule has 182 valence electrons. The summed E-state index contributed by atoms with van der Waals surface area (Å²) in [4.78, 5) is 29.9. The third kappa shape index (κ3) is 5.23. The van der Waals surface area contributed by atoms with Gasteiger partial charge in [-0.25, -0.2) is 0 Å². The Morgan fingerprint density at radius 3 is 1.76 bits per heavy atom. The predicted octanol–water partition coefficient (Wildman–Crippen LogP) is 6.78. The van der Waals surface area contributed by atoms with E-state index in [1.165, 1.54) is 9.80 Å². The van der Waals surface area contributed by atoms with Gasteiger partial charge in [-0.15, -0.1) is 0 Å². The van der Waals surface area contributed by atoms with Gasteiger partial charge in [0.15, 0.2) is 5.11 Å². The second-order valence-electron chi connectivity index (χ2n) is 8.24. The Balaban J connectivity index is 1.45. The topological polar surface area (TPSA) is 49.9 Å². The molecule has 7 heteroatoms. The molecule has 0 unspecified atom stereocenters. The van der Waals surface area contributed by atoms with E-state index in [-0.39, 0.29) is 10.7 Å². The predicted molar refractivity (Wildman–Crippen MR) is 153 cm³/mol. The molecule has 4 aromatic rings. The van der Waals surface area contributed by atoms with Crippen molar-refractivity contribution in [3.05, 3.63) is 130 Å². The highest BCUT2D eigenvalue weighted by Gasteiger charge is 2.41. The number of hydrogen-bond acceptors (Lipinski definition) is 4. The van der Waals surface area contributed by atoms with Crippen molar-refractivity contribution in [1.29, 1.82) is 0 Å². The maximum Gasteiger partial charge on any atom is 0.270 e. The zero-order valence-electron chi connectivity index (χ0n) is 19.6. The van der Waals surface area contributed by atoms with Crippen LogP contribution >= 0.6 is 28.1 Å². The van der Waals surface area contributed by atoms with E-state index in [0.29, 0.717) is 29.3 Å². The van der Waals surface area contributed by atoms with Crippen LogP contribution in [0.3, 0.4) is 0 Å². The molecular formula is C30H21BrN2O3S. The van der Waals surface area contributed by atoms with Gasteiger partial charge in [0.05, 0.1) is 11.4 Å². The van der Waals surface area contributed by atoms with Crippen LogP contribution in [0.5, 0.6) is 5.75 Å². The highest BCUT2D eigenvalue weighted by Crippen LogP contribution is 2.30. The van der Waals surface area contributed by atoms with Gasteiger partial charge in [-0.1, -0.05) is 82.7 Å². The number of thiocarbonyl (C=S) groups is 1. The molecular weight excluding hydrogens is 548 g/mol. The van der Waals surface area contributed by atoms with Crippen molar-refractivity contribution in [1.82, 2.24) is 0 Å². The normalized spacial score (nSPS) is 13.6. The van der Waals surface area contributed by atoms with Gasteiger partial charge in [0.1, 0.15) is 17.9 Å². The summed E-state index contributed by atoms with van der Waals surface area (Å²) < 4.78 is 6.89. The van der Waals surface area contributed by atoms with Crippen LogP contribution in [0.2, 0.25) is 0 Å². The second-order valence-corrected chi connectivity index (χ2v) is 9.46. The average Bonchev–Trinajstić information content (AvgIpc) is 2.93. The third-order valence-corrected chi connectivity index (χ3v) is 6.96. The van der Waals surface area contributed by atoms with E-state index in [1.54, 1.807) is 30.3 Å². The summed E-state index contributed by atoms with van der Waals surface area (Å²) >= 11 is 9.17. The van der Waals surface area contributed by atoms with Crippen molar-refractivity contribution < 1.29 is 14.3 Å². The molecule has 0 bridgehead atoms. The van der Waals surface area contributed by atoms with Crippen LogP contribution in [0.4, 0.5) is 11.4 Å². The first kappa shape index (κ1) is 24.6. The van der Waals surface area contributed by atoms with Gasteiger partial charge in [0.25, 0.3) is 11.8 Å². The number of anilines is 2. The summed E-state index contributed by atoms with van der Waals surface area (Å²) in [5.41, 5.74) is 2.92. The molecule has 0 saturated carbocycles. The van der Waals surface area contributed by atoms with Crippen LogP contribution in [-0.2, 0) is 16.2 Å². The summed E-state index contributed by atoms with van der Waals surface area (Å²) in [6.07, 6.45) is 1.59. The van der Waals surface area contributed by atoms with Gasteiger partial charge in [-0.05, 0) is 66.3 Å². The molecule has 1 aliphatic heterocycles. The zero-order valence-corrected chi connectivity index (χ0v) is 22.0. The lowest BCUT2D eigenvalue weighted by Crippen LogP contribution is -2.56. The first-order valence-electron chi connectivity index (χ1n) is 11.5. The summed E-state index contributed by atoms with van der Waals surface area (Å²) in [6, 6.07) is 33.3. The van der Waals surface area contributed by atoms with Gasteiger partial charge >= 0.3 is 0 Å². The van der Waals surface area contributed by atoms with Crippen molar-refractivity contribution >= 4 is 62.5 Å². The Hall–Kier alpha value is -4.07. The molecule has 0 N–H and O–H groups in total. The Kier molecular flexibility index (Phi) is 7.25. The van der Waals surface area contributed by atoms with Crippen LogP contribution in [-0.4, -0.2) is 16.9 Å². The molecule has 37 heavy (non-hydrogen) atoms. The molecule has 4 aromatic carbocycles. The molecule has 1 saturated heterocycles. The number of halogens is 1. The third-order valence-electron chi connectivity index (χ3n) is 5.82. The van der Waals surface area contributed by atoms with Crippen molar-refractivity contribution in [3.63, 3.8) is 0 Å². The van der Waals surface area contributed by atoms with E-state index in [0.717, 1.165) is 10.0 Å². The Labute approximate surface area is 228 Å². The molecule has 1 fully saturated rings. The fourth-order valence-electron chi connectivity index (χ4n) is 3.94. The van der Waals surface area contributed by atoms with Gasteiger partial charge in [0, 0.05) is 10.0 Å². The quantitative estimate of drug-likeness (QED) is 0.146. The molecule has 1 heterocycles. The number of carbonyl (C=O) groups excluding carboxylic acids is 2. The molecule has 0 atom stereocenters. The molecule has 5 rings (SSSR count). The number of carbonyl (C=O) groups is 2. The van der Waals surface area contributed by atoms with Crippen LogP contribution < -0.4 is 14.5 Å². The highest BCUT2D eigenvalue weighted by molar-refractivity contribution is 9.10. The van der Waals surface area contributed by atoms with E-state index >= 15 is 0 Å². The number of para-hydroxylation sites is 2. The van der Waals surface area contributed by atoms with Crippen molar-refractivity contribution in [3.8, 4) is 5.75 Å².